The third kappa shape index (κ3) is 6.55. The molecule has 0 aliphatic carbocycles. The molecule has 0 spiro atoms. The van der Waals surface area contributed by atoms with Gasteiger partial charge in [0.25, 0.3) is 5.91 Å². The lowest BCUT2D eigenvalue weighted by molar-refractivity contribution is -0.121. The van der Waals surface area contributed by atoms with Gasteiger partial charge in [0.15, 0.2) is 0 Å². The van der Waals surface area contributed by atoms with E-state index in [4.69, 9.17) is 16.3 Å². The molecule has 0 saturated heterocycles. The molecular formula is C21H26ClN3O3. The summed E-state index contributed by atoms with van der Waals surface area (Å²) < 4.78 is 5.28. The van der Waals surface area contributed by atoms with Crippen molar-refractivity contribution in [3.63, 3.8) is 0 Å². The molecule has 6 nitrogen and oxygen atoms in total. The highest BCUT2D eigenvalue weighted by Gasteiger charge is 2.16. The number of rotatable bonds is 9. The molecule has 28 heavy (non-hydrogen) atoms. The van der Waals surface area contributed by atoms with Gasteiger partial charge in [-0.1, -0.05) is 23.7 Å². The molecule has 0 aliphatic rings. The SMILES string of the molecule is COc1cccc(C(CNC(=O)CCNC(=O)c2ccc(Cl)cc2)N(C)C)c1. The number of methoxy groups -OCH3 is 1. The molecule has 0 aromatic heterocycles. The molecule has 7 heteroatoms. The molecule has 0 bridgehead atoms. The fourth-order valence-corrected chi connectivity index (χ4v) is 2.87. The summed E-state index contributed by atoms with van der Waals surface area (Å²) in [4.78, 5) is 26.2. The zero-order chi connectivity index (χ0) is 20.5. The van der Waals surface area contributed by atoms with Gasteiger partial charge >= 0.3 is 0 Å². The molecule has 2 N–H and O–H groups in total. The lowest BCUT2D eigenvalue weighted by Gasteiger charge is -2.25. The van der Waals surface area contributed by atoms with Gasteiger partial charge in [0.2, 0.25) is 5.91 Å². The largest absolute Gasteiger partial charge is 0.497 e. The lowest BCUT2D eigenvalue weighted by atomic mass is 10.1. The summed E-state index contributed by atoms with van der Waals surface area (Å²) in [6, 6.07) is 14.4. The van der Waals surface area contributed by atoms with E-state index in [2.05, 4.69) is 10.6 Å². The number of halogens is 1. The van der Waals surface area contributed by atoms with Crippen LogP contribution < -0.4 is 15.4 Å². The standard InChI is InChI=1S/C21H26ClN3O3/c1-25(2)19(16-5-4-6-18(13-16)28-3)14-24-20(26)11-12-23-21(27)15-7-9-17(22)10-8-15/h4-10,13,19H,11-12,14H2,1-3H3,(H,23,27)(H,24,26). The minimum Gasteiger partial charge on any atom is -0.497 e. The Kier molecular flexibility index (Phi) is 8.29. The van der Waals surface area contributed by atoms with E-state index < -0.39 is 0 Å². The topological polar surface area (TPSA) is 70.7 Å². The number of likely N-dealkylation sites (N-methyl/N-ethyl adjacent to an activating group) is 1. The molecule has 0 saturated carbocycles. The highest BCUT2D eigenvalue weighted by atomic mass is 35.5. The van der Waals surface area contributed by atoms with Crippen LogP contribution in [0.25, 0.3) is 0 Å². The Morgan fingerprint density at radius 1 is 1.11 bits per heavy atom. The van der Waals surface area contributed by atoms with Crippen molar-refractivity contribution < 1.29 is 14.3 Å². The summed E-state index contributed by atoms with van der Waals surface area (Å²) in [6.45, 7) is 0.725. The maximum Gasteiger partial charge on any atom is 0.251 e. The number of nitrogens with zero attached hydrogens (tertiary/aromatic N) is 1. The summed E-state index contributed by atoms with van der Waals surface area (Å²) in [5.41, 5.74) is 1.57. The summed E-state index contributed by atoms with van der Waals surface area (Å²) >= 11 is 5.81. The first kappa shape index (κ1) is 21.7. The Morgan fingerprint density at radius 2 is 1.82 bits per heavy atom. The van der Waals surface area contributed by atoms with Gasteiger partial charge in [0.05, 0.1) is 13.2 Å². The minimum atomic E-state index is -0.230. The van der Waals surface area contributed by atoms with Gasteiger partial charge in [-0.3, -0.25) is 9.59 Å². The highest BCUT2D eigenvalue weighted by Crippen LogP contribution is 2.22. The Balaban J connectivity index is 1.81. The zero-order valence-electron chi connectivity index (χ0n) is 16.4. The summed E-state index contributed by atoms with van der Waals surface area (Å²) in [7, 11) is 5.55. The van der Waals surface area contributed by atoms with Gasteiger partial charge in [-0.15, -0.1) is 0 Å². The molecule has 0 heterocycles. The number of ether oxygens (including phenoxy) is 1. The molecule has 0 radical (unpaired) electrons. The monoisotopic (exact) mass is 403 g/mol. The number of hydrogen-bond acceptors (Lipinski definition) is 4. The smallest absolute Gasteiger partial charge is 0.251 e. The van der Waals surface area contributed by atoms with Crippen LogP contribution in [0.15, 0.2) is 48.5 Å². The molecule has 150 valence electrons. The second-order valence-corrected chi connectivity index (χ2v) is 7.01. The van der Waals surface area contributed by atoms with Crippen LogP contribution in [0.5, 0.6) is 5.75 Å². The van der Waals surface area contributed by atoms with Gasteiger partial charge in [-0.25, -0.2) is 0 Å². The second-order valence-electron chi connectivity index (χ2n) is 6.57. The lowest BCUT2D eigenvalue weighted by Crippen LogP contribution is -2.36. The van der Waals surface area contributed by atoms with E-state index >= 15 is 0 Å². The summed E-state index contributed by atoms with van der Waals surface area (Å²) in [6.07, 6.45) is 0.206. The summed E-state index contributed by atoms with van der Waals surface area (Å²) in [5.74, 6) is 0.429. The third-order valence-corrected chi connectivity index (χ3v) is 4.59. The van der Waals surface area contributed by atoms with E-state index in [9.17, 15) is 9.59 Å². The highest BCUT2D eigenvalue weighted by molar-refractivity contribution is 6.30. The number of carbonyl (C=O) groups is 2. The Hall–Kier alpha value is -2.57. The van der Waals surface area contributed by atoms with E-state index in [1.165, 1.54) is 0 Å². The van der Waals surface area contributed by atoms with Gasteiger partial charge in [-0.2, -0.15) is 0 Å². The normalized spacial score (nSPS) is 11.8. The molecule has 0 fully saturated rings. The van der Waals surface area contributed by atoms with Crippen LogP contribution in [-0.4, -0.2) is 51.0 Å². The van der Waals surface area contributed by atoms with Crippen molar-refractivity contribution in [2.24, 2.45) is 0 Å². The van der Waals surface area contributed by atoms with E-state index in [0.717, 1.165) is 11.3 Å². The van der Waals surface area contributed by atoms with Crippen LogP contribution in [0.3, 0.4) is 0 Å². The van der Waals surface area contributed by atoms with E-state index in [1.807, 2.05) is 43.3 Å². The van der Waals surface area contributed by atoms with Crippen molar-refractivity contribution in [3.8, 4) is 5.75 Å². The zero-order valence-corrected chi connectivity index (χ0v) is 17.1. The van der Waals surface area contributed by atoms with Gasteiger partial charge in [0.1, 0.15) is 5.75 Å². The van der Waals surface area contributed by atoms with Crippen molar-refractivity contribution in [2.75, 3.05) is 34.3 Å². The van der Waals surface area contributed by atoms with Crippen molar-refractivity contribution in [2.45, 2.75) is 12.5 Å². The third-order valence-electron chi connectivity index (χ3n) is 4.34. The molecule has 0 aliphatic heterocycles. The van der Waals surface area contributed by atoms with Crippen molar-refractivity contribution in [1.82, 2.24) is 15.5 Å². The Bertz CT molecular complexity index is 794. The number of carbonyl (C=O) groups excluding carboxylic acids is 2. The average Bonchev–Trinajstić information content (AvgIpc) is 2.68. The van der Waals surface area contributed by atoms with Crippen molar-refractivity contribution in [1.29, 1.82) is 0 Å². The molecule has 2 amide bonds. The van der Waals surface area contributed by atoms with Gasteiger partial charge < -0.3 is 20.3 Å². The van der Waals surface area contributed by atoms with Gasteiger partial charge in [0, 0.05) is 30.1 Å². The second kappa shape index (κ2) is 10.7. The Morgan fingerprint density at radius 3 is 2.46 bits per heavy atom. The first-order valence-corrected chi connectivity index (χ1v) is 9.39. The van der Waals surface area contributed by atoms with Gasteiger partial charge in [-0.05, 0) is 56.1 Å². The maximum absolute atomic E-state index is 12.2. The molecule has 1 atom stereocenters. The quantitative estimate of drug-likeness (QED) is 0.675. The predicted octanol–water partition coefficient (Wildman–Crippen LogP) is 2.89. The number of amides is 2. The van der Waals surface area contributed by atoms with Crippen LogP contribution in [0.2, 0.25) is 5.02 Å². The van der Waals surface area contributed by atoms with E-state index in [1.54, 1.807) is 31.4 Å². The number of hydrogen-bond donors (Lipinski definition) is 2. The summed E-state index contributed by atoms with van der Waals surface area (Å²) in [5, 5.41) is 6.24. The fraction of sp³-hybridized carbons (Fsp3) is 0.333. The molecule has 2 rings (SSSR count). The molecular weight excluding hydrogens is 378 g/mol. The number of benzene rings is 2. The Labute approximate surface area is 170 Å². The average molecular weight is 404 g/mol. The van der Waals surface area contributed by atoms with Crippen LogP contribution >= 0.6 is 11.6 Å². The maximum atomic E-state index is 12.2. The van der Waals surface area contributed by atoms with E-state index in [0.29, 0.717) is 17.1 Å². The van der Waals surface area contributed by atoms with Crippen molar-refractivity contribution >= 4 is 23.4 Å². The van der Waals surface area contributed by atoms with Crippen LogP contribution in [0, 0.1) is 0 Å². The van der Waals surface area contributed by atoms with Crippen LogP contribution in [0.4, 0.5) is 0 Å². The van der Waals surface area contributed by atoms with E-state index in [-0.39, 0.29) is 30.8 Å². The molecule has 2 aromatic rings. The predicted molar refractivity (Wildman–Crippen MR) is 111 cm³/mol. The molecule has 2 aromatic carbocycles. The van der Waals surface area contributed by atoms with Crippen molar-refractivity contribution in [3.05, 3.63) is 64.7 Å². The minimum absolute atomic E-state index is 0.0164. The van der Waals surface area contributed by atoms with Crippen LogP contribution in [0.1, 0.15) is 28.4 Å². The first-order valence-electron chi connectivity index (χ1n) is 9.01. The molecule has 1 unspecified atom stereocenters. The van der Waals surface area contributed by atoms with Crippen LogP contribution in [-0.2, 0) is 4.79 Å². The number of nitrogens with one attached hydrogen (secondary N) is 2. The fourth-order valence-electron chi connectivity index (χ4n) is 2.74. The first-order chi connectivity index (χ1) is 13.4.